The van der Waals surface area contributed by atoms with Gasteiger partial charge in [0.2, 0.25) is 0 Å². The summed E-state index contributed by atoms with van der Waals surface area (Å²) in [6, 6.07) is 9.36. The molecule has 3 rings (SSSR count). The minimum Gasteiger partial charge on any atom is -0.460 e. The minimum absolute atomic E-state index is 0.244. The summed E-state index contributed by atoms with van der Waals surface area (Å²) in [4.78, 5) is 24.8. The molecule has 23 heavy (non-hydrogen) atoms. The number of carbonyl (C=O) groups is 1. The number of benzene rings is 1. The molecule has 0 spiro atoms. The number of aromatic nitrogens is 1. The number of amides is 1. The number of nitrogens with zero attached hydrogens (tertiary/aromatic N) is 1. The van der Waals surface area contributed by atoms with Crippen molar-refractivity contribution in [2.24, 2.45) is 7.05 Å². The molecule has 0 aliphatic rings. The monoisotopic (exact) mass is 374 g/mol. The van der Waals surface area contributed by atoms with Gasteiger partial charge < -0.3 is 14.3 Å². The fourth-order valence-corrected chi connectivity index (χ4v) is 2.96. The van der Waals surface area contributed by atoms with Crippen LogP contribution < -0.4 is 10.9 Å². The van der Waals surface area contributed by atoms with E-state index < -0.39 is 0 Å². The van der Waals surface area contributed by atoms with Crippen LogP contribution in [0.5, 0.6) is 0 Å². The minimum atomic E-state index is -0.315. The van der Waals surface area contributed by atoms with Crippen molar-refractivity contribution in [1.29, 1.82) is 0 Å². The summed E-state index contributed by atoms with van der Waals surface area (Å²) in [5.74, 6) is 0.125. The predicted molar refractivity (Wildman–Crippen MR) is 91.5 cm³/mol. The molecule has 0 saturated heterocycles. The highest BCUT2D eigenvalue weighted by Gasteiger charge is 2.21. The highest BCUT2D eigenvalue weighted by Crippen LogP contribution is 2.22. The van der Waals surface area contributed by atoms with Gasteiger partial charge in [-0.15, -0.1) is 0 Å². The van der Waals surface area contributed by atoms with Crippen molar-refractivity contribution in [3.05, 3.63) is 68.2 Å². The summed E-state index contributed by atoms with van der Waals surface area (Å²) >= 11 is 3.40. The Kier molecular flexibility index (Phi) is 4.09. The number of hydrogen-bond donors (Lipinski definition) is 1. The Morgan fingerprint density at radius 1 is 1.35 bits per heavy atom. The molecule has 0 atom stereocenters. The van der Waals surface area contributed by atoms with E-state index in [1.54, 1.807) is 26.2 Å². The summed E-state index contributed by atoms with van der Waals surface area (Å²) in [6.07, 6.45) is 1.62. The standard InChI is InChI=1S/C17H15BrN2O3/c1-10-14(15-13(23-10)6-7-20(2)17(15)22)16(21)19-9-11-4-3-5-12(18)8-11/h3-8H,9H2,1-2H3,(H,19,21). The summed E-state index contributed by atoms with van der Waals surface area (Å²) in [5.41, 5.74) is 1.45. The Morgan fingerprint density at radius 3 is 2.87 bits per heavy atom. The zero-order valence-electron chi connectivity index (χ0n) is 12.7. The first-order valence-electron chi connectivity index (χ1n) is 7.08. The normalized spacial score (nSPS) is 10.9. The van der Waals surface area contributed by atoms with Gasteiger partial charge in [0.05, 0.1) is 10.9 Å². The Morgan fingerprint density at radius 2 is 2.13 bits per heavy atom. The molecule has 118 valence electrons. The van der Waals surface area contributed by atoms with Gasteiger partial charge in [0, 0.05) is 24.3 Å². The molecule has 1 aromatic carbocycles. The van der Waals surface area contributed by atoms with Crippen LogP contribution in [0, 0.1) is 6.92 Å². The van der Waals surface area contributed by atoms with Crippen molar-refractivity contribution in [1.82, 2.24) is 9.88 Å². The highest BCUT2D eigenvalue weighted by molar-refractivity contribution is 9.10. The Hall–Kier alpha value is -2.34. The van der Waals surface area contributed by atoms with Crippen molar-refractivity contribution in [2.75, 3.05) is 0 Å². The van der Waals surface area contributed by atoms with Gasteiger partial charge >= 0.3 is 0 Å². The molecule has 1 N–H and O–H groups in total. The predicted octanol–water partition coefficient (Wildman–Crippen LogP) is 3.13. The van der Waals surface area contributed by atoms with Gasteiger partial charge in [-0.25, -0.2) is 0 Å². The maximum Gasteiger partial charge on any atom is 0.262 e. The van der Waals surface area contributed by atoms with Gasteiger partial charge in [-0.1, -0.05) is 28.1 Å². The quantitative estimate of drug-likeness (QED) is 0.765. The largest absolute Gasteiger partial charge is 0.460 e. The maximum absolute atomic E-state index is 12.5. The second kappa shape index (κ2) is 6.04. The molecule has 0 aliphatic heterocycles. The van der Waals surface area contributed by atoms with Gasteiger partial charge in [-0.05, 0) is 30.7 Å². The van der Waals surface area contributed by atoms with Crippen molar-refractivity contribution in [2.45, 2.75) is 13.5 Å². The first-order chi connectivity index (χ1) is 11.0. The van der Waals surface area contributed by atoms with Crippen LogP contribution in [0.25, 0.3) is 11.0 Å². The SMILES string of the molecule is Cc1oc2ccn(C)c(=O)c2c1C(=O)NCc1cccc(Br)c1. The van der Waals surface area contributed by atoms with Crippen LogP contribution >= 0.6 is 15.9 Å². The number of pyridine rings is 1. The van der Waals surface area contributed by atoms with Gasteiger partial charge in [0.15, 0.2) is 0 Å². The molecule has 0 fully saturated rings. The van der Waals surface area contributed by atoms with Crippen molar-refractivity contribution in [3.63, 3.8) is 0 Å². The van der Waals surface area contributed by atoms with E-state index in [4.69, 9.17) is 4.42 Å². The van der Waals surface area contributed by atoms with Crippen LogP contribution in [0.2, 0.25) is 0 Å². The van der Waals surface area contributed by atoms with Crippen LogP contribution in [0.4, 0.5) is 0 Å². The van der Waals surface area contributed by atoms with Crippen LogP contribution in [0.3, 0.4) is 0 Å². The molecule has 6 heteroatoms. The lowest BCUT2D eigenvalue weighted by molar-refractivity contribution is 0.0950. The molecule has 1 amide bonds. The second-order valence-corrected chi connectivity index (χ2v) is 6.23. The summed E-state index contributed by atoms with van der Waals surface area (Å²) < 4.78 is 7.93. The zero-order chi connectivity index (χ0) is 16.6. The van der Waals surface area contributed by atoms with E-state index in [1.807, 2.05) is 24.3 Å². The highest BCUT2D eigenvalue weighted by atomic mass is 79.9. The van der Waals surface area contributed by atoms with E-state index in [-0.39, 0.29) is 11.5 Å². The number of carbonyl (C=O) groups excluding carboxylic acids is 1. The Balaban J connectivity index is 1.93. The fourth-order valence-electron chi connectivity index (χ4n) is 2.51. The zero-order valence-corrected chi connectivity index (χ0v) is 14.3. The van der Waals surface area contributed by atoms with Crippen molar-refractivity contribution in [3.8, 4) is 0 Å². The van der Waals surface area contributed by atoms with E-state index in [2.05, 4.69) is 21.2 Å². The lowest BCUT2D eigenvalue weighted by Crippen LogP contribution is -2.25. The molecular weight excluding hydrogens is 360 g/mol. The van der Waals surface area contributed by atoms with E-state index in [0.717, 1.165) is 10.0 Å². The number of aryl methyl sites for hydroxylation is 2. The Bertz CT molecular complexity index is 956. The molecular formula is C17H15BrN2O3. The van der Waals surface area contributed by atoms with E-state index in [0.29, 0.717) is 28.8 Å². The van der Waals surface area contributed by atoms with Gasteiger partial charge in [0.1, 0.15) is 11.3 Å². The van der Waals surface area contributed by atoms with E-state index in [1.165, 1.54) is 4.57 Å². The van der Waals surface area contributed by atoms with E-state index in [9.17, 15) is 9.59 Å². The molecule has 3 aromatic rings. The van der Waals surface area contributed by atoms with Crippen LogP contribution in [-0.4, -0.2) is 10.5 Å². The van der Waals surface area contributed by atoms with Gasteiger partial charge in [-0.3, -0.25) is 9.59 Å². The molecule has 0 bridgehead atoms. The molecule has 0 aliphatic carbocycles. The van der Waals surface area contributed by atoms with Crippen LogP contribution in [0.15, 0.2) is 50.2 Å². The van der Waals surface area contributed by atoms with Crippen LogP contribution in [-0.2, 0) is 13.6 Å². The van der Waals surface area contributed by atoms with Crippen molar-refractivity contribution < 1.29 is 9.21 Å². The first kappa shape index (κ1) is 15.6. The summed E-state index contributed by atoms with van der Waals surface area (Å²) in [7, 11) is 1.65. The first-order valence-corrected chi connectivity index (χ1v) is 7.88. The van der Waals surface area contributed by atoms with Crippen LogP contribution in [0.1, 0.15) is 21.7 Å². The number of rotatable bonds is 3. The molecule has 0 saturated carbocycles. The number of nitrogens with one attached hydrogen (secondary N) is 1. The molecule has 0 radical (unpaired) electrons. The molecule has 2 aromatic heterocycles. The Labute approximate surface area is 141 Å². The summed E-state index contributed by atoms with van der Waals surface area (Å²) in [5, 5.41) is 3.16. The van der Waals surface area contributed by atoms with Crippen molar-refractivity contribution >= 4 is 32.8 Å². The third kappa shape index (κ3) is 2.94. The molecule has 2 heterocycles. The topological polar surface area (TPSA) is 64.2 Å². The number of furan rings is 1. The summed E-state index contributed by atoms with van der Waals surface area (Å²) in [6.45, 7) is 2.06. The van der Waals surface area contributed by atoms with E-state index >= 15 is 0 Å². The number of fused-ring (bicyclic) bond motifs is 1. The number of hydrogen-bond acceptors (Lipinski definition) is 3. The average molecular weight is 375 g/mol. The fraction of sp³-hybridized carbons (Fsp3) is 0.176. The lowest BCUT2D eigenvalue weighted by atomic mass is 10.1. The maximum atomic E-state index is 12.5. The molecule has 5 nitrogen and oxygen atoms in total. The lowest BCUT2D eigenvalue weighted by Gasteiger charge is -2.05. The second-order valence-electron chi connectivity index (χ2n) is 5.32. The average Bonchev–Trinajstić information content (AvgIpc) is 2.86. The third-order valence-corrected chi connectivity index (χ3v) is 4.16. The third-order valence-electron chi connectivity index (χ3n) is 3.66. The smallest absolute Gasteiger partial charge is 0.262 e. The van der Waals surface area contributed by atoms with Gasteiger partial charge in [0.25, 0.3) is 11.5 Å². The number of halogens is 1. The molecule has 0 unspecified atom stereocenters. The van der Waals surface area contributed by atoms with Gasteiger partial charge in [-0.2, -0.15) is 0 Å².